The summed E-state index contributed by atoms with van der Waals surface area (Å²) < 4.78 is 13.0. The zero-order valence-electron chi connectivity index (χ0n) is 10.2. The summed E-state index contributed by atoms with van der Waals surface area (Å²) in [7, 11) is 2.01. The fourth-order valence-corrected chi connectivity index (χ4v) is 2.38. The van der Waals surface area contributed by atoms with E-state index in [1.807, 2.05) is 7.05 Å². The second-order valence-corrected chi connectivity index (χ2v) is 5.13. The monoisotopic (exact) mass is 270 g/mol. The van der Waals surface area contributed by atoms with Crippen molar-refractivity contribution in [3.8, 4) is 0 Å². The lowest BCUT2D eigenvalue weighted by Crippen LogP contribution is -2.38. The molecule has 1 saturated heterocycles. The van der Waals surface area contributed by atoms with E-state index in [2.05, 4.69) is 10.2 Å². The summed E-state index contributed by atoms with van der Waals surface area (Å²) >= 11 is 5.67. The molecule has 1 atom stereocenters. The number of nitrogens with zero attached hydrogens (tertiary/aromatic N) is 1. The lowest BCUT2D eigenvalue weighted by molar-refractivity contribution is -0.121. The minimum Gasteiger partial charge on any atom is -0.326 e. The zero-order valence-corrected chi connectivity index (χ0v) is 11.0. The Hall–Kier alpha value is -1.13. The molecule has 1 aliphatic heterocycles. The SMILES string of the molecule is CN1CCC[C@@H](C(=O)Nc2ccc(F)c(Cl)c2)C1. The Morgan fingerprint density at radius 3 is 3.00 bits per heavy atom. The molecule has 0 saturated carbocycles. The Morgan fingerprint density at radius 2 is 2.33 bits per heavy atom. The maximum absolute atomic E-state index is 13.0. The fourth-order valence-electron chi connectivity index (χ4n) is 2.20. The first-order chi connectivity index (χ1) is 8.56. The van der Waals surface area contributed by atoms with E-state index >= 15 is 0 Å². The van der Waals surface area contributed by atoms with Crippen LogP contribution in [-0.4, -0.2) is 30.9 Å². The number of nitrogens with one attached hydrogen (secondary N) is 1. The molecule has 18 heavy (non-hydrogen) atoms. The molecule has 3 nitrogen and oxygen atoms in total. The quantitative estimate of drug-likeness (QED) is 0.896. The molecule has 2 rings (SSSR count). The van der Waals surface area contributed by atoms with Gasteiger partial charge in [-0.3, -0.25) is 4.79 Å². The highest BCUT2D eigenvalue weighted by Crippen LogP contribution is 2.21. The number of hydrogen-bond donors (Lipinski definition) is 1. The Bertz CT molecular complexity index is 453. The molecule has 1 aliphatic rings. The van der Waals surface area contributed by atoms with Gasteiger partial charge in [0.2, 0.25) is 5.91 Å². The van der Waals surface area contributed by atoms with E-state index in [0.29, 0.717) is 5.69 Å². The molecule has 1 fully saturated rings. The topological polar surface area (TPSA) is 32.3 Å². The van der Waals surface area contributed by atoms with E-state index in [4.69, 9.17) is 11.6 Å². The molecule has 98 valence electrons. The number of amides is 1. The van der Waals surface area contributed by atoms with Gasteiger partial charge in [-0.05, 0) is 44.6 Å². The highest BCUT2D eigenvalue weighted by molar-refractivity contribution is 6.31. The summed E-state index contributed by atoms with van der Waals surface area (Å²) in [5.41, 5.74) is 0.541. The number of likely N-dealkylation sites (tertiary alicyclic amines) is 1. The summed E-state index contributed by atoms with van der Waals surface area (Å²) in [6, 6.07) is 4.21. The number of anilines is 1. The van der Waals surface area contributed by atoms with Crippen molar-refractivity contribution in [2.75, 3.05) is 25.5 Å². The average molecular weight is 271 g/mol. The molecule has 1 aromatic rings. The molecule has 1 heterocycles. The van der Waals surface area contributed by atoms with E-state index in [1.165, 1.54) is 18.2 Å². The number of halogens is 2. The van der Waals surface area contributed by atoms with Crippen LogP contribution >= 0.6 is 11.6 Å². The lowest BCUT2D eigenvalue weighted by Gasteiger charge is -2.28. The Balaban J connectivity index is 2.00. The van der Waals surface area contributed by atoms with Crippen LogP contribution in [0.3, 0.4) is 0 Å². The van der Waals surface area contributed by atoms with Gasteiger partial charge in [-0.1, -0.05) is 11.6 Å². The van der Waals surface area contributed by atoms with Crippen LogP contribution in [0.4, 0.5) is 10.1 Å². The maximum Gasteiger partial charge on any atom is 0.228 e. The van der Waals surface area contributed by atoms with Crippen molar-refractivity contribution in [3.05, 3.63) is 29.0 Å². The van der Waals surface area contributed by atoms with Gasteiger partial charge in [-0.2, -0.15) is 0 Å². The largest absolute Gasteiger partial charge is 0.326 e. The highest BCUT2D eigenvalue weighted by atomic mass is 35.5. The van der Waals surface area contributed by atoms with Crippen LogP contribution in [0.15, 0.2) is 18.2 Å². The number of rotatable bonds is 2. The molecular weight excluding hydrogens is 255 g/mol. The summed E-state index contributed by atoms with van der Waals surface area (Å²) in [5, 5.41) is 2.81. The first kappa shape index (κ1) is 13.3. The van der Waals surface area contributed by atoms with Gasteiger partial charge in [-0.25, -0.2) is 4.39 Å². The smallest absolute Gasteiger partial charge is 0.228 e. The Kier molecular flexibility index (Phi) is 4.19. The second-order valence-electron chi connectivity index (χ2n) is 4.72. The number of piperidine rings is 1. The Morgan fingerprint density at radius 1 is 1.56 bits per heavy atom. The summed E-state index contributed by atoms with van der Waals surface area (Å²) in [6.45, 7) is 1.80. The number of hydrogen-bond acceptors (Lipinski definition) is 2. The third-order valence-electron chi connectivity index (χ3n) is 3.18. The molecule has 0 unspecified atom stereocenters. The van der Waals surface area contributed by atoms with Crippen molar-refractivity contribution in [2.45, 2.75) is 12.8 Å². The third-order valence-corrected chi connectivity index (χ3v) is 3.47. The summed E-state index contributed by atoms with van der Waals surface area (Å²) in [6.07, 6.45) is 1.92. The molecule has 0 radical (unpaired) electrons. The van der Waals surface area contributed by atoms with Crippen molar-refractivity contribution < 1.29 is 9.18 Å². The summed E-state index contributed by atoms with van der Waals surface area (Å²) in [5.74, 6) is -0.510. The molecule has 1 aromatic carbocycles. The molecule has 0 bridgehead atoms. The molecule has 1 amide bonds. The standard InChI is InChI=1S/C13H16ClFN2O/c1-17-6-2-3-9(8-17)13(18)16-10-4-5-12(15)11(14)7-10/h4-5,7,9H,2-3,6,8H2,1H3,(H,16,18)/t9-/m1/s1. The minimum atomic E-state index is -0.480. The van der Waals surface area contributed by atoms with E-state index < -0.39 is 5.82 Å². The number of carbonyl (C=O) groups is 1. The molecule has 0 aliphatic carbocycles. The molecular formula is C13H16ClFN2O. The van der Waals surface area contributed by atoms with Gasteiger partial charge in [0.25, 0.3) is 0 Å². The molecule has 0 aromatic heterocycles. The van der Waals surface area contributed by atoms with Gasteiger partial charge in [0.1, 0.15) is 5.82 Å². The van der Waals surface area contributed by atoms with E-state index in [1.54, 1.807) is 0 Å². The first-order valence-corrected chi connectivity index (χ1v) is 6.38. The van der Waals surface area contributed by atoms with Crippen molar-refractivity contribution in [2.24, 2.45) is 5.92 Å². The fraction of sp³-hybridized carbons (Fsp3) is 0.462. The Labute approximate surface area is 111 Å². The van der Waals surface area contributed by atoms with Crippen molar-refractivity contribution >= 4 is 23.2 Å². The van der Waals surface area contributed by atoms with Gasteiger partial charge in [-0.15, -0.1) is 0 Å². The first-order valence-electron chi connectivity index (χ1n) is 6.00. The van der Waals surface area contributed by atoms with Crippen LogP contribution in [-0.2, 0) is 4.79 Å². The summed E-state index contributed by atoms with van der Waals surface area (Å²) in [4.78, 5) is 14.2. The van der Waals surface area contributed by atoms with Crippen LogP contribution in [0.2, 0.25) is 5.02 Å². The third kappa shape index (κ3) is 3.21. The van der Waals surface area contributed by atoms with E-state index in [9.17, 15) is 9.18 Å². The second kappa shape index (κ2) is 5.67. The molecule has 0 spiro atoms. The van der Waals surface area contributed by atoms with Crippen LogP contribution < -0.4 is 5.32 Å². The van der Waals surface area contributed by atoms with Crippen LogP contribution in [0.25, 0.3) is 0 Å². The van der Waals surface area contributed by atoms with Gasteiger partial charge in [0.15, 0.2) is 0 Å². The van der Waals surface area contributed by atoms with Crippen molar-refractivity contribution in [3.63, 3.8) is 0 Å². The van der Waals surface area contributed by atoms with Gasteiger partial charge in [0, 0.05) is 12.2 Å². The maximum atomic E-state index is 13.0. The predicted octanol–water partition coefficient (Wildman–Crippen LogP) is 2.76. The van der Waals surface area contributed by atoms with Crippen LogP contribution in [0, 0.1) is 11.7 Å². The zero-order chi connectivity index (χ0) is 13.1. The lowest BCUT2D eigenvalue weighted by atomic mass is 9.97. The molecule has 5 heteroatoms. The van der Waals surface area contributed by atoms with Gasteiger partial charge in [0.05, 0.1) is 10.9 Å². The van der Waals surface area contributed by atoms with E-state index in [0.717, 1.165) is 25.9 Å². The van der Waals surface area contributed by atoms with E-state index in [-0.39, 0.29) is 16.8 Å². The normalized spacial score (nSPS) is 20.7. The van der Waals surface area contributed by atoms with Gasteiger partial charge >= 0.3 is 0 Å². The predicted molar refractivity (Wildman–Crippen MR) is 70.3 cm³/mol. The van der Waals surface area contributed by atoms with Crippen molar-refractivity contribution in [1.82, 2.24) is 4.90 Å². The number of carbonyl (C=O) groups excluding carboxylic acids is 1. The highest BCUT2D eigenvalue weighted by Gasteiger charge is 2.23. The van der Waals surface area contributed by atoms with Crippen molar-refractivity contribution in [1.29, 1.82) is 0 Å². The van der Waals surface area contributed by atoms with Gasteiger partial charge < -0.3 is 10.2 Å². The van der Waals surface area contributed by atoms with Crippen LogP contribution in [0.1, 0.15) is 12.8 Å². The number of benzene rings is 1. The molecule has 1 N–H and O–H groups in total. The minimum absolute atomic E-state index is 0.00687. The average Bonchev–Trinajstić information content (AvgIpc) is 2.34. The van der Waals surface area contributed by atoms with Crippen LogP contribution in [0.5, 0.6) is 0 Å².